The van der Waals surface area contributed by atoms with Crippen LogP contribution in [0.3, 0.4) is 0 Å². The zero-order valence-electron chi connectivity index (χ0n) is 17.3. The third-order valence-corrected chi connectivity index (χ3v) is 5.64. The van der Waals surface area contributed by atoms with E-state index >= 15 is 0 Å². The summed E-state index contributed by atoms with van der Waals surface area (Å²) in [7, 11) is 0. The molecular formula is C21H29N5O3. The summed E-state index contributed by atoms with van der Waals surface area (Å²) >= 11 is 0. The number of hydrogen-bond acceptors (Lipinski definition) is 6. The number of urea groups is 1. The number of fused-ring (bicyclic) bond motifs is 2. The molecule has 0 aromatic carbocycles. The Bertz CT molecular complexity index is 867. The standard InChI is InChI=1S/C21H29N5O3/c1-14(2)9-23-20(27)26-7-6-21(12-26)13-28-11-17-15(3)24-19(25-18(17)21)22-10-16-5-4-8-29-16/h4-5,8,14H,6-7,9-13H2,1-3H3,(H,23,27)(H,22,24,25). The van der Waals surface area contributed by atoms with Crippen LogP contribution in [0.4, 0.5) is 10.7 Å². The summed E-state index contributed by atoms with van der Waals surface area (Å²) in [5.41, 5.74) is 2.69. The topological polar surface area (TPSA) is 92.5 Å². The van der Waals surface area contributed by atoms with Gasteiger partial charge in [0.1, 0.15) is 5.76 Å². The van der Waals surface area contributed by atoms with Crippen LogP contribution in [0.15, 0.2) is 22.8 Å². The van der Waals surface area contributed by atoms with E-state index in [-0.39, 0.29) is 11.4 Å². The molecule has 1 spiro atoms. The van der Waals surface area contributed by atoms with Gasteiger partial charge in [0.2, 0.25) is 5.95 Å². The molecule has 1 unspecified atom stereocenters. The van der Waals surface area contributed by atoms with Crippen molar-refractivity contribution in [1.82, 2.24) is 20.2 Å². The van der Waals surface area contributed by atoms with Crippen molar-refractivity contribution in [2.75, 3.05) is 31.6 Å². The lowest BCUT2D eigenvalue weighted by Gasteiger charge is -2.35. The number of rotatable bonds is 5. The summed E-state index contributed by atoms with van der Waals surface area (Å²) in [6.07, 6.45) is 2.49. The average Bonchev–Trinajstić information content (AvgIpc) is 3.36. The van der Waals surface area contributed by atoms with Crippen molar-refractivity contribution in [1.29, 1.82) is 0 Å². The Kier molecular flexibility index (Phi) is 5.45. The second-order valence-corrected chi connectivity index (χ2v) is 8.42. The molecule has 2 aromatic heterocycles. The summed E-state index contributed by atoms with van der Waals surface area (Å²) in [6, 6.07) is 3.77. The first-order chi connectivity index (χ1) is 14.0. The molecule has 0 bridgehead atoms. The van der Waals surface area contributed by atoms with Gasteiger partial charge in [0.15, 0.2) is 0 Å². The van der Waals surface area contributed by atoms with Crippen LogP contribution in [0, 0.1) is 12.8 Å². The number of likely N-dealkylation sites (tertiary alicyclic amines) is 1. The molecule has 2 N–H and O–H groups in total. The highest BCUT2D eigenvalue weighted by Gasteiger charge is 2.46. The Balaban J connectivity index is 1.54. The Morgan fingerprint density at radius 1 is 1.38 bits per heavy atom. The van der Waals surface area contributed by atoms with E-state index in [1.807, 2.05) is 24.0 Å². The lowest BCUT2D eigenvalue weighted by atomic mass is 9.80. The van der Waals surface area contributed by atoms with Gasteiger partial charge in [-0.25, -0.2) is 14.8 Å². The largest absolute Gasteiger partial charge is 0.467 e. The minimum atomic E-state index is -0.280. The van der Waals surface area contributed by atoms with Crippen molar-refractivity contribution in [2.45, 2.75) is 45.8 Å². The van der Waals surface area contributed by atoms with Gasteiger partial charge in [-0.1, -0.05) is 13.8 Å². The molecule has 1 fully saturated rings. The zero-order chi connectivity index (χ0) is 20.4. The van der Waals surface area contributed by atoms with Crippen LogP contribution in [-0.4, -0.2) is 47.1 Å². The van der Waals surface area contributed by atoms with Gasteiger partial charge in [-0.2, -0.15) is 0 Å². The van der Waals surface area contributed by atoms with E-state index in [9.17, 15) is 4.79 Å². The number of anilines is 1. The number of hydrogen-bond donors (Lipinski definition) is 2. The third kappa shape index (κ3) is 4.07. The van der Waals surface area contributed by atoms with Crippen molar-refractivity contribution in [3.05, 3.63) is 41.1 Å². The number of nitrogens with one attached hydrogen (secondary N) is 2. The summed E-state index contributed by atoms with van der Waals surface area (Å²) in [4.78, 5) is 23.9. The molecule has 156 valence electrons. The predicted octanol–water partition coefficient (Wildman–Crippen LogP) is 2.83. The van der Waals surface area contributed by atoms with Crippen LogP contribution in [-0.2, 0) is 23.3 Å². The fourth-order valence-electron chi connectivity index (χ4n) is 4.04. The normalized spacial score (nSPS) is 20.9. The molecule has 1 saturated heterocycles. The number of aromatic nitrogens is 2. The van der Waals surface area contributed by atoms with Gasteiger partial charge in [-0.15, -0.1) is 0 Å². The lowest BCUT2D eigenvalue weighted by Crippen LogP contribution is -2.45. The molecule has 4 rings (SSSR count). The molecule has 0 saturated carbocycles. The van der Waals surface area contributed by atoms with Crippen LogP contribution in [0.5, 0.6) is 0 Å². The van der Waals surface area contributed by atoms with Crippen molar-refractivity contribution in [2.24, 2.45) is 5.92 Å². The number of amides is 2. The van der Waals surface area contributed by atoms with E-state index in [1.54, 1.807) is 6.26 Å². The maximum atomic E-state index is 12.6. The molecule has 1 atom stereocenters. The number of nitrogens with zero attached hydrogens (tertiary/aromatic N) is 3. The number of ether oxygens (including phenoxy) is 1. The van der Waals surface area contributed by atoms with Crippen molar-refractivity contribution in [3.8, 4) is 0 Å². The molecule has 2 aromatic rings. The van der Waals surface area contributed by atoms with Crippen LogP contribution in [0.1, 0.15) is 43.0 Å². The Morgan fingerprint density at radius 2 is 2.24 bits per heavy atom. The monoisotopic (exact) mass is 399 g/mol. The highest BCUT2D eigenvalue weighted by molar-refractivity contribution is 5.74. The zero-order valence-corrected chi connectivity index (χ0v) is 17.3. The molecule has 8 nitrogen and oxygen atoms in total. The van der Waals surface area contributed by atoms with E-state index < -0.39 is 0 Å². The number of carbonyl (C=O) groups excluding carboxylic acids is 1. The van der Waals surface area contributed by atoms with Gasteiger partial charge in [-0.05, 0) is 31.4 Å². The lowest BCUT2D eigenvalue weighted by molar-refractivity contribution is 0.0514. The number of furan rings is 1. The summed E-state index contributed by atoms with van der Waals surface area (Å²) in [5, 5.41) is 6.28. The van der Waals surface area contributed by atoms with Crippen LogP contribution < -0.4 is 10.6 Å². The fraction of sp³-hybridized carbons (Fsp3) is 0.571. The maximum absolute atomic E-state index is 12.6. The van der Waals surface area contributed by atoms with Crippen molar-refractivity contribution >= 4 is 12.0 Å². The van der Waals surface area contributed by atoms with E-state index in [2.05, 4.69) is 29.5 Å². The molecule has 2 aliphatic heterocycles. The van der Waals surface area contributed by atoms with Gasteiger partial charge < -0.3 is 24.7 Å². The fourth-order valence-corrected chi connectivity index (χ4v) is 4.04. The molecule has 8 heteroatoms. The van der Waals surface area contributed by atoms with Gasteiger partial charge in [0.05, 0.1) is 37.1 Å². The Morgan fingerprint density at radius 3 is 3.00 bits per heavy atom. The first-order valence-electron chi connectivity index (χ1n) is 10.2. The minimum absolute atomic E-state index is 0.00959. The van der Waals surface area contributed by atoms with Crippen LogP contribution in [0.25, 0.3) is 0 Å². The maximum Gasteiger partial charge on any atom is 0.317 e. The van der Waals surface area contributed by atoms with E-state index in [0.717, 1.165) is 29.1 Å². The molecule has 2 amide bonds. The van der Waals surface area contributed by atoms with Crippen molar-refractivity contribution in [3.63, 3.8) is 0 Å². The van der Waals surface area contributed by atoms with Crippen LogP contribution in [0.2, 0.25) is 0 Å². The average molecular weight is 399 g/mol. The van der Waals surface area contributed by atoms with Gasteiger partial charge >= 0.3 is 6.03 Å². The second-order valence-electron chi connectivity index (χ2n) is 8.42. The van der Waals surface area contributed by atoms with Gasteiger partial charge in [0.25, 0.3) is 0 Å². The highest BCUT2D eigenvalue weighted by atomic mass is 16.5. The second kappa shape index (κ2) is 8.02. The number of aryl methyl sites for hydroxylation is 1. The molecule has 0 radical (unpaired) electrons. The van der Waals surface area contributed by atoms with E-state index in [0.29, 0.717) is 51.3 Å². The molecular weight excluding hydrogens is 370 g/mol. The smallest absolute Gasteiger partial charge is 0.317 e. The molecule has 4 heterocycles. The number of carbonyl (C=O) groups is 1. The van der Waals surface area contributed by atoms with Gasteiger partial charge in [-0.3, -0.25) is 0 Å². The molecule has 0 aliphatic carbocycles. The SMILES string of the molecule is Cc1nc(NCc2ccco2)nc2c1COCC21CCN(C(=O)NCC(C)C)C1. The van der Waals surface area contributed by atoms with E-state index in [1.165, 1.54) is 0 Å². The Hall–Kier alpha value is -2.61. The summed E-state index contributed by atoms with van der Waals surface area (Å²) in [5.74, 6) is 1.84. The predicted molar refractivity (Wildman–Crippen MR) is 109 cm³/mol. The third-order valence-electron chi connectivity index (χ3n) is 5.64. The summed E-state index contributed by atoms with van der Waals surface area (Å²) in [6.45, 7) is 9.77. The summed E-state index contributed by atoms with van der Waals surface area (Å²) < 4.78 is 11.3. The Labute approximate surface area is 171 Å². The first kappa shape index (κ1) is 19.7. The molecule has 29 heavy (non-hydrogen) atoms. The van der Waals surface area contributed by atoms with Crippen molar-refractivity contribution < 1.29 is 13.9 Å². The first-order valence-corrected chi connectivity index (χ1v) is 10.2. The quantitative estimate of drug-likeness (QED) is 0.803. The van der Waals surface area contributed by atoms with Gasteiger partial charge in [0, 0.05) is 30.9 Å². The minimum Gasteiger partial charge on any atom is -0.467 e. The van der Waals surface area contributed by atoms with E-state index in [4.69, 9.17) is 14.1 Å². The molecule has 2 aliphatic rings. The van der Waals surface area contributed by atoms with Crippen LogP contribution >= 0.6 is 0 Å². The highest BCUT2D eigenvalue weighted by Crippen LogP contribution is 2.40.